The molecule has 2 rings (SSSR count). The molecule has 1 heterocycles. The Morgan fingerprint density at radius 3 is 2.50 bits per heavy atom. The third-order valence-corrected chi connectivity index (χ3v) is 4.99. The van der Waals surface area contributed by atoms with Gasteiger partial charge < -0.3 is 9.73 Å². The van der Waals surface area contributed by atoms with E-state index in [2.05, 4.69) is 60.2 Å². The van der Waals surface area contributed by atoms with Gasteiger partial charge in [0.1, 0.15) is 5.76 Å². The second-order valence-corrected chi connectivity index (χ2v) is 7.75. The minimum absolute atomic E-state index is 0.133. The second kappa shape index (κ2) is 6.37. The summed E-state index contributed by atoms with van der Waals surface area (Å²) in [7, 11) is 0. The van der Waals surface area contributed by atoms with Crippen molar-refractivity contribution in [2.75, 3.05) is 0 Å². The van der Waals surface area contributed by atoms with E-state index < -0.39 is 0 Å². The van der Waals surface area contributed by atoms with E-state index in [-0.39, 0.29) is 5.54 Å². The van der Waals surface area contributed by atoms with Crippen molar-refractivity contribution in [1.82, 2.24) is 5.32 Å². The zero-order valence-corrected chi connectivity index (χ0v) is 14.7. The minimum atomic E-state index is 0.133. The molecule has 0 unspecified atom stereocenters. The Hall–Kier alpha value is -0.710. The number of benzene rings is 1. The Balaban J connectivity index is 2.08. The van der Waals surface area contributed by atoms with E-state index in [0.717, 1.165) is 21.7 Å². The summed E-state index contributed by atoms with van der Waals surface area (Å²) in [6.07, 6.45) is 1.73. The lowest BCUT2D eigenvalue weighted by atomic mass is 10.1. The van der Waals surface area contributed by atoms with Crippen molar-refractivity contribution in [3.8, 4) is 0 Å². The molecule has 108 valence electrons. The molecule has 0 atom stereocenters. The van der Waals surface area contributed by atoms with Crippen molar-refractivity contribution >= 4 is 27.7 Å². The van der Waals surface area contributed by atoms with Crippen LogP contribution >= 0.6 is 27.7 Å². The van der Waals surface area contributed by atoms with Crippen molar-refractivity contribution in [3.63, 3.8) is 0 Å². The van der Waals surface area contributed by atoms with Crippen LogP contribution in [0.4, 0.5) is 0 Å². The van der Waals surface area contributed by atoms with Gasteiger partial charge >= 0.3 is 0 Å². The molecule has 1 aromatic carbocycles. The average molecular weight is 354 g/mol. The average Bonchev–Trinajstić information content (AvgIpc) is 2.75. The molecule has 1 N–H and O–H groups in total. The molecule has 0 aliphatic carbocycles. The van der Waals surface area contributed by atoms with Crippen molar-refractivity contribution in [1.29, 1.82) is 0 Å². The lowest BCUT2D eigenvalue weighted by Gasteiger charge is -2.20. The van der Waals surface area contributed by atoms with Gasteiger partial charge in [-0.25, -0.2) is 0 Å². The summed E-state index contributed by atoms with van der Waals surface area (Å²) < 4.78 is 6.45. The third kappa shape index (κ3) is 4.40. The van der Waals surface area contributed by atoms with Crippen molar-refractivity contribution in [2.45, 2.75) is 49.6 Å². The summed E-state index contributed by atoms with van der Waals surface area (Å²) in [5.41, 5.74) is 1.41. The van der Waals surface area contributed by atoms with Crippen LogP contribution in [0.3, 0.4) is 0 Å². The number of halogens is 1. The zero-order chi connectivity index (χ0) is 14.8. The van der Waals surface area contributed by atoms with E-state index in [1.54, 1.807) is 18.0 Å². The summed E-state index contributed by atoms with van der Waals surface area (Å²) in [6.45, 7) is 9.38. The van der Waals surface area contributed by atoms with Crippen LogP contribution in [-0.2, 0) is 6.54 Å². The number of hydrogen-bond donors (Lipinski definition) is 1. The van der Waals surface area contributed by atoms with Crippen molar-refractivity contribution < 1.29 is 4.42 Å². The highest BCUT2D eigenvalue weighted by atomic mass is 79.9. The summed E-state index contributed by atoms with van der Waals surface area (Å²) in [4.78, 5) is 2.36. The predicted molar refractivity (Wildman–Crippen MR) is 88.3 cm³/mol. The molecule has 0 fully saturated rings. The van der Waals surface area contributed by atoms with Gasteiger partial charge in [-0.05, 0) is 67.4 Å². The molecule has 0 bridgehead atoms. The van der Waals surface area contributed by atoms with Crippen molar-refractivity contribution in [3.05, 3.63) is 46.3 Å². The number of furan rings is 1. The normalized spacial score (nSPS) is 11.8. The maximum atomic E-state index is 5.33. The van der Waals surface area contributed by atoms with Gasteiger partial charge in [-0.2, -0.15) is 0 Å². The first kappa shape index (κ1) is 15.7. The smallest absolute Gasteiger partial charge is 0.114 e. The van der Waals surface area contributed by atoms with E-state index in [0.29, 0.717) is 0 Å². The molecule has 1 aromatic heterocycles. The highest BCUT2D eigenvalue weighted by molar-refractivity contribution is 9.10. The lowest BCUT2D eigenvalue weighted by Crippen LogP contribution is -2.35. The second-order valence-electron chi connectivity index (χ2n) is 5.81. The number of hydrogen-bond acceptors (Lipinski definition) is 3. The first-order chi connectivity index (χ1) is 9.35. The van der Waals surface area contributed by atoms with Crippen LogP contribution in [-0.4, -0.2) is 5.54 Å². The Kier molecular flexibility index (Phi) is 4.99. The summed E-state index contributed by atoms with van der Waals surface area (Å²) >= 11 is 5.38. The van der Waals surface area contributed by atoms with Gasteiger partial charge in [0.2, 0.25) is 0 Å². The number of rotatable bonds is 4. The fraction of sp³-hybridized carbons (Fsp3) is 0.375. The van der Waals surface area contributed by atoms with Gasteiger partial charge in [-0.15, -0.1) is 0 Å². The SMILES string of the molecule is Cc1occc1Sc1ccc(CNC(C)(C)C)cc1Br. The highest BCUT2D eigenvalue weighted by Gasteiger charge is 2.10. The van der Waals surface area contributed by atoms with Gasteiger partial charge in [0, 0.05) is 21.5 Å². The monoisotopic (exact) mass is 353 g/mol. The van der Waals surface area contributed by atoms with Gasteiger partial charge in [0.25, 0.3) is 0 Å². The molecule has 0 saturated carbocycles. The van der Waals surface area contributed by atoms with Crippen LogP contribution in [0.25, 0.3) is 0 Å². The Morgan fingerprint density at radius 1 is 1.20 bits per heavy atom. The fourth-order valence-corrected chi connectivity index (χ4v) is 3.22. The van der Waals surface area contributed by atoms with Crippen LogP contribution in [0.15, 0.2) is 49.2 Å². The first-order valence-electron chi connectivity index (χ1n) is 6.60. The highest BCUT2D eigenvalue weighted by Crippen LogP contribution is 2.36. The van der Waals surface area contributed by atoms with Crippen LogP contribution in [0, 0.1) is 6.92 Å². The van der Waals surface area contributed by atoms with E-state index in [1.165, 1.54) is 10.5 Å². The molecular formula is C16H20BrNOS. The first-order valence-corrected chi connectivity index (χ1v) is 8.21. The third-order valence-electron chi connectivity index (χ3n) is 2.85. The predicted octanol–water partition coefficient (Wildman–Crippen LogP) is 5.39. The Morgan fingerprint density at radius 2 is 1.95 bits per heavy atom. The molecule has 0 saturated heterocycles. The van der Waals surface area contributed by atoms with Crippen LogP contribution in [0.1, 0.15) is 32.1 Å². The molecule has 0 spiro atoms. The molecule has 0 aliphatic heterocycles. The van der Waals surface area contributed by atoms with E-state index in [4.69, 9.17) is 4.42 Å². The maximum Gasteiger partial charge on any atom is 0.114 e. The summed E-state index contributed by atoms with van der Waals surface area (Å²) in [6, 6.07) is 8.50. The van der Waals surface area contributed by atoms with E-state index in [1.807, 2.05) is 13.0 Å². The van der Waals surface area contributed by atoms with Gasteiger partial charge in [-0.3, -0.25) is 0 Å². The molecule has 4 heteroatoms. The minimum Gasteiger partial charge on any atom is -0.468 e. The van der Waals surface area contributed by atoms with E-state index in [9.17, 15) is 0 Å². The lowest BCUT2D eigenvalue weighted by molar-refractivity contribution is 0.424. The van der Waals surface area contributed by atoms with Crippen LogP contribution in [0.5, 0.6) is 0 Å². The molecule has 2 aromatic rings. The fourth-order valence-electron chi connectivity index (χ4n) is 1.70. The van der Waals surface area contributed by atoms with Gasteiger partial charge in [-0.1, -0.05) is 17.8 Å². The maximum absolute atomic E-state index is 5.33. The molecule has 0 amide bonds. The van der Waals surface area contributed by atoms with Crippen LogP contribution in [0.2, 0.25) is 0 Å². The Bertz CT molecular complexity index is 586. The molecule has 20 heavy (non-hydrogen) atoms. The molecular weight excluding hydrogens is 334 g/mol. The standard InChI is InChI=1S/C16H20BrNOS/c1-11-14(7-8-19-11)20-15-6-5-12(9-13(15)17)10-18-16(2,3)4/h5-9,18H,10H2,1-4H3. The number of aryl methyl sites for hydroxylation is 1. The van der Waals surface area contributed by atoms with Gasteiger partial charge in [0.15, 0.2) is 0 Å². The largest absolute Gasteiger partial charge is 0.468 e. The molecule has 0 radical (unpaired) electrons. The quantitative estimate of drug-likeness (QED) is 0.797. The molecule has 0 aliphatic rings. The summed E-state index contributed by atoms with van der Waals surface area (Å²) in [5, 5.41) is 3.50. The van der Waals surface area contributed by atoms with Crippen molar-refractivity contribution in [2.24, 2.45) is 0 Å². The van der Waals surface area contributed by atoms with Crippen LogP contribution < -0.4 is 5.32 Å². The molecule has 2 nitrogen and oxygen atoms in total. The topological polar surface area (TPSA) is 25.2 Å². The zero-order valence-electron chi connectivity index (χ0n) is 12.3. The number of nitrogens with one attached hydrogen (secondary N) is 1. The summed E-state index contributed by atoms with van der Waals surface area (Å²) in [5.74, 6) is 0.959. The Labute approximate surface area is 133 Å². The van der Waals surface area contributed by atoms with E-state index >= 15 is 0 Å². The van der Waals surface area contributed by atoms with Gasteiger partial charge in [0.05, 0.1) is 11.2 Å².